The molecular weight excluding hydrogens is 372 g/mol. The zero-order chi connectivity index (χ0) is 19.1. The highest BCUT2D eigenvalue weighted by molar-refractivity contribution is 6.32. The Morgan fingerprint density at radius 2 is 2.04 bits per heavy atom. The average Bonchev–Trinajstić information content (AvgIpc) is 3.06. The summed E-state index contributed by atoms with van der Waals surface area (Å²) >= 11 is 6.03. The molecule has 0 saturated carbocycles. The van der Waals surface area contributed by atoms with Gasteiger partial charge in [-0.2, -0.15) is 0 Å². The first-order valence-electron chi connectivity index (χ1n) is 8.38. The van der Waals surface area contributed by atoms with Crippen molar-refractivity contribution in [2.75, 3.05) is 6.61 Å². The van der Waals surface area contributed by atoms with E-state index in [9.17, 15) is 14.7 Å². The lowest BCUT2D eigenvalue weighted by molar-refractivity contribution is -0.151. The van der Waals surface area contributed by atoms with Crippen LogP contribution in [0.1, 0.15) is 24.0 Å². The minimum Gasteiger partial charge on any atom is -0.506 e. The number of para-hydroxylation sites is 1. The van der Waals surface area contributed by atoms with Crippen LogP contribution in [0.15, 0.2) is 51.7 Å². The van der Waals surface area contributed by atoms with E-state index in [0.29, 0.717) is 22.3 Å². The van der Waals surface area contributed by atoms with Crippen molar-refractivity contribution in [3.8, 4) is 11.5 Å². The Morgan fingerprint density at radius 1 is 1.26 bits per heavy atom. The largest absolute Gasteiger partial charge is 0.506 e. The smallest absolute Gasteiger partial charge is 0.348 e. The molecule has 1 aliphatic rings. The predicted octanol–water partition coefficient (Wildman–Crippen LogP) is 3.61. The van der Waals surface area contributed by atoms with Crippen molar-refractivity contribution in [2.24, 2.45) is 0 Å². The third-order valence-corrected chi connectivity index (χ3v) is 4.81. The average molecular weight is 387 g/mol. The molecular formula is C20H15ClO6. The molecule has 3 aromatic rings. The molecule has 6 nitrogen and oxygen atoms in total. The van der Waals surface area contributed by atoms with Gasteiger partial charge in [0.2, 0.25) is 6.10 Å². The first kappa shape index (κ1) is 17.4. The molecule has 0 radical (unpaired) electrons. The zero-order valence-electron chi connectivity index (χ0n) is 14.3. The van der Waals surface area contributed by atoms with Crippen LogP contribution in [0.5, 0.6) is 11.5 Å². The Balaban J connectivity index is 1.96. The summed E-state index contributed by atoms with van der Waals surface area (Å²) in [4.78, 5) is 25.2. The first-order chi connectivity index (χ1) is 13.0. The maximum atomic E-state index is 12.7. The fourth-order valence-corrected chi connectivity index (χ4v) is 3.53. The van der Waals surface area contributed by atoms with Crippen LogP contribution in [-0.2, 0) is 9.53 Å². The first-order valence-corrected chi connectivity index (χ1v) is 8.76. The summed E-state index contributed by atoms with van der Waals surface area (Å²) < 4.78 is 16.5. The van der Waals surface area contributed by atoms with Gasteiger partial charge in [0, 0.05) is 0 Å². The molecule has 1 N–H and O–H groups in total. The minimum atomic E-state index is -1.06. The monoisotopic (exact) mass is 386 g/mol. The molecule has 2 atom stereocenters. The maximum absolute atomic E-state index is 12.7. The van der Waals surface area contributed by atoms with Crippen LogP contribution in [0, 0.1) is 0 Å². The second-order valence-corrected chi connectivity index (χ2v) is 6.51. The lowest BCUT2D eigenvalue weighted by Crippen LogP contribution is -2.32. The van der Waals surface area contributed by atoms with Gasteiger partial charge in [-0.15, -0.1) is 0 Å². The van der Waals surface area contributed by atoms with Crippen LogP contribution >= 0.6 is 11.6 Å². The number of carbonyl (C=O) groups is 1. The van der Waals surface area contributed by atoms with Gasteiger partial charge in [0.25, 0.3) is 0 Å². The van der Waals surface area contributed by atoms with E-state index in [4.69, 9.17) is 25.5 Å². The number of rotatable bonds is 3. The second-order valence-electron chi connectivity index (χ2n) is 6.11. The van der Waals surface area contributed by atoms with Gasteiger partial charge in [-0.3, -0.25) is 0 Å². The molecule has 2 aromatic carbocycles. The van der Waals surface area contributed by atoms with Gasteiger partial charge in [0.15, 0.2) is 0 Å². The standard InChI is InChI=1S/C20H15ClO6/c1-2-25-20(24)18-15(10-7-8-13(22)12(21)9-10)16-17(27-18)11-5-3-4-6-14(11)26-19(16)23/h3-9,15,18,22H,2H2,1H3/t15-,18+/m1/s1. The van der Waals surface area contributed by atoms with E-state index in [1.807, 2.05) is 0 Å². The summed E-state index contributed by atoms with van der Waals surface area (Å²) in [7, 11) is 0. The topological polar surface area (TPSA) is 86.0 Å². The summed E-state index contributed by atoms with van der Waals surface area (Å²) in [5.41, 5.74) is 0.545. The second kappa shape index (κ2) is 6.63. The molecule has 0 unspecified atom stereocenters. The molecule has 0 bridgehead atoms. The lowest BCUT2D eigenvalue weighted by Gasteiger charge is -2.17. The highest BCUT2D eigenvalue weighted by Crippen LogP contribution is 2.45. The van der Waals surface area contributed by atoms with Crippen molar-refractivity contribution in [3.05, 3.63) is 69.0 Å². The number of benzene rings is 2. The van der Waals surface area contributed by atoms with Crippen molar-refractivity contribution >= 4 is 28.5 Å². The van der Waals surface area contributed by atoms with Gasteiger partial charge >= 0.3 is 11.6 Å². The molecule has 2 heterocycles. The molecule has 0 aliphatic carbocycles. The van der Waals surface area contributed by atoms with Crippen molar-refractivity contribution in [3.63, 3.8) is 0 Å². The van der Waals surface area contributed by atoms with Crippen LogP contribution in [0.3, 0.4) is 0 Å². The SMILES string of the molecule is CCOC(=O)[C@H]1Oc2c(c(=O)oc3ccccc23)[C@H]1c1ccc(O)c(Cl)c1. The van der Waals surface area contributed by atoms with Crippen LogP contribution < -0.4 is 10.4 Å². The molecule has 1 aliphatic heterocycles. The molecule has 0 amide bonds. The number of phenolic OH excluding ortho intramolecular Hbond substituents is 1. The Kier molecular flexibility index (Phi) is 4.28. The van der Waals surface area contributed by atoms with Gasteiger partial charge in [-0.25, -0.2) is 9.59 Å². The van der Waals surface area contributed by atoms with E-state index in [2.05, 4.69) is 0 Å². The predicted molar refractivity (Wildman–Crippen MR) is 98.5 cm³/mol. The Hall–Kier alpha value is -2.99. The summed E-state index contributed by atoms with van der Waals surface area (Å²) in [6, 6.07) is 11.4. The van der Waals surface area contributed by atoms with Crippen LogP contribution in [-0.4, -0.2) is 23.8 Å². The number of hydrogen-bond acceptors (Lipinski definition) is 6. The molecule has 1 aromatic heterocycles. The molecule has 0 spiro atoms. The van der Waals surface area contributed by atoms with Crippen molar-refractivity contribution in [1.29, 1.82) is 0 Å². The van der Waals surface area contributed by atoms with Crippen LogP contribution in [0.4, 0.5) is 0 Å². The third kappa shape index (κ3) is 2.82. The zero-order valence-corrected chi connectivity index (χ0v) is 15.0. The van der Waals surface area contributed by atoms with E-state index >= 15 is 0 Å². The summed E-state index contributed by atoms with van der Waals surface area (Å²) in [6.07, 6.45) is -1.06. The van der Waals surface area contributed by atoms with Gasteiger partial charge in [0.05, 0.1) is 28.5 Å². The molecule has 138 valence electrons. The summed E-state index contributed by atoms with van der Waals surface area (Å²) in [5.74, 6) is -1.16. The van der Waals surface area contributed by atoms with E-state index in [1.54, 1.807) is 37.3 Å². The normalized spacial score (nSPS) is 18.1. The molecule has 4 rings (SSSR count). The molecule has 0 fully saturated rings. The fraction of sp³-hybridized carbons (Fsp3) is 0.200. The minimum absolute atomic E-state index is 0.0993. The fourth-order valence-electron chi connectivity index (χ4n) is 3.34. The number of esters is 1. The number of aromatic hydroxyl groups is 1. The third-order valence-electron chi connectivity index (χ3n) is 4.51. The lowest BCUT2D eigenvalue weighted by atomic mass is 9.88. The highest BCUT2D eigenvalue weighted by atomic mass is 35.5. The number of halogens is 1. The molecule has 27 heavy (non-hydrogen) atoms. The molecule has 7 heteroatoms. The van der Waals surface area contributed by atoms with Crippen LogP contribution in [0.2, 0.25) is 5.02 Å². The van der Waals surface area contributed by atoms with Gasteiger partial charge < -0.3 is 19.0 Å². The van der Waals surface area contributed by atoms with Crippen molar-refractivity contribution in [1.82, 2.24) is 0 Å². The van der Waals surface area contributed by atoms with E-state index in [0.717, 1.165) is 0 Å². The molecule has 0 saturated heterocycles. The number of hydrogen-bond donors (Lipinski definition) is 1. The highest BCUT2D eigenvalue weighted by Gasteiger charge is 2.45. The van der Waals surface area contributed by atoms with E-state index in [1.165, 1.54) is 12.1 Å². The number of phenols is 1. The summed E-state index contributed by atoms with van der Waals surface area (Å²) in [5, 5.41) is 10.4. The van der Waals surface area contributed by atoms with E-state index in [-0.39, 0.29) is 22.9 Å². The Labute approximate surface area is 158 Å². The number of ether oxygens (including phenoxy) is 2. The van der Waals surface area contributed by atoms with Gasteiger partial charge in [-0.05, 0) is 36.8 Å². The van der Waals surface area contributed by atoms with Crippen molar-refractivity contribution < 1.29 is 23.8 Å². The quantitative estimate of drug-likeness (QED) is 0.546. The summed E-state index contributed by atoms with van der Waals surface area (Å²) in [6.45, 7) is 1.86. The number of fused-ring (bicyclic) bond motifs is 3. The number of carbonyl (C=O) groups excluding carboxylic acids is 1. The van der Waals surface area contributed by atoms with E-state index < -0.39 is 23.6 Å². The van der Waals surface area contributed by atoms with Gasteiger partial charge in [-0.1, -0.05) is 29.8 Å². The van der Waals surface area contributed by atoms with Gasteiger partial charge in [0.1, 0.15) is 17.1 Å². The Morgan fingerprint density at radius 3 is 2.78 bits per heavy atom. The Bertz CT molecular complexity index is 1100. The van der Waals surface area contributed by atoms with Crippen molar-refractivity contribution in [2.45, 2.75) is 18.9 Å². The maximum Gasteiger partial charge on any atom is 0.348 e. The van der Waals surface area contributed by atoms with Crippen LogP contribution in [0.25, 0.3) is 11.0 Å².